The molecule has 1 saturated heterocycles. The molecule has 1 amide bonds. The highest BCUT2D eigenvalue weighted by Crippen LogP contribution is 2.31. The van der Waals surface area contributed by atoms with E-state index in [-0.39, 0.29) is 6.10 Å². The molecule has 24 heavy (non-hydrogen) atoms. The largest absolute Gasteiger partial charge is 0.465 e. The van der Waals surface area contributed by atoms with Gasteiger partial charge < -0.3 is 19.9 Å². The first-order valence-corrected chi connectivity index (χ1v) is 10.4. The van der Waals surface area contributed by atoms with Gasteiger partial charge in [0.25, 0.3) is 0 Å². The average molecular weight is 364 g/mol. The second kappa shape index (κ2) is 9.73. The number of carbonyl (C=O) groups is 1. The van der Waals surface area contributed by atoms with Crippen LogP contribution in [-0.4, -0.2) is 51.0 Å². The van der Waals surface area contributed by atoms with Gasteiger partial charge in [-0.2, -0.15) is 0 Å². The van der Waals surface area contributed by atoms with Crippen molar-refractivity contribution in [2.75, 3.05) is 18.1 Å². The summed E-state index contributed by atoms with van der Waals surface area (Å²) in [5.74, 6) is 0.854. The summed E-state index contributed by atoms with van der Waals surface area (Å²) in [5, 5.41) is 11.3. The SMILES string of the molecule is CCC1(CC)OCC(CCS(=O)CCCCC(C)(C)NC(=O)O)O1. The molecule has 0 aromatic carbocycles. The molecule has 0 saturated carbocycles. The molecule has 6 nitrogen and oxygen atoms in total. The zero-order chi connectivity index (χ0) is 18.2. The Kier molecular flexibility index (Phi) is 8.67. The van der Waals surface area contributed by atoms with Crippen LogP contribution in [0.15, 0.2) is 0 Å². The Labute approximate surface area is 148 Å². The first-order chi connectivity index (χ1) is 11.2. The molecule has 2 N–H and O–H groups in total. The zero-order valence-electron chi connectivity index (χ0n) is 15.4. The summed E-state index contributed by atoms with van der Waals surface area (Å²) in [6, 6.07) is 0. The maximum atomic E-state index is 12.1. The highest BCUT2D eigenvalue weighted by Gasteiger charge is 2.38. The lowest BCUT2D eigenvalue weighted by molar-refractivity contribution is -0.171. The smallest absolute Gasteiger partial charge is 0.405 e. The van der Waals surface area contributed by atoms with Gasteiger partial charge in [-0.05, 0) is 46.0 Å². The zero-order valence-corrected chi connectivity index (χ0v) is 16.2. The third-order valence-electron chi connectivity index (χ3n) is 4.53. The van der Waals surface area contributed by atoms with Crippen LogP contribution in [0.1, 0.15) is 66.2 Å². The molecule has 1 aliphatic rings. The van der Waals surface area contributed by atoms with Crippen LogP contribution in [0, 0.1) is 0 Å². The molecule has 0 bridgehead atoms. The van der Waals surface area contributed by atoms with Gasteiger partial charge in [0, 0.05) is 27.8 Å². The highest BCUT2D eigenvalue weighted by molar-refractivity contribution is 7.84. The Bertz CT molecular complexity index is 423. The molecule has 142 valence electrons. The summed E-state index contributed by atoms with van der Waals surface area (Å²) in [5.41, 5.74) is -0.439. The van der Waals surface area contributed by atoms with Gasteiger partial charge in [0.2, 0.25) is 0 Å². The second-order valence-corrected chi connectivity index (χ2v) is 8.77. The van der Waals surface area contributed by atoms with Crippen molar-refractivity contribution in [3.05, 3.63) is 0 Å². The first kappa shape index (κ1) is 21.4. The molecular formula is C17H33NO5S. The molecule has 1 rings (SSSR count). The number of hydrogen-bond acceptors (Lipinski definition) is 4. The van der Waals surface area contributed by atoms with Crippen LogP contribution < -0.4 is 5.32 Å². The van der Waals surface area contributed by atoms with E-state index in [4.69, 9.17) is 14.6 Å². The maximum absolute atomic E-state index is 12.1. The number of ether oxygens (including phenoxy) is 2. The molecule has 0 aromatic heterocycles. The van der Waals surface area contributed by atoms with Gasteiger partial charge in [0.15, 0.2) is 5.79 Å². The molecule has 2 unspecified atom stereocenters. The van der Waals surface area contributed by atoms with Gasteiger partial charge in [0.05, 0.1) is 12.7 Å². The lowest BCUT2D eigenvalue weighted by Gasteiger charge is -2.25. The van der Waals surface area contributed by atoms with Crippen LogP contribution in [0.25, 0.3) is 0 Å². The van der Waals surface area contributed by atoms with Gasteiger partial charge in [0.1, 0.15) is 0 Å². The van der Waals surface area contributed by atoms with E-state index >= 15 is 0 Å². The van der Waals surface area contributed by atoms with E-state index < -0.39 is 28.2 Å². The second-order valence-electron chi connectivity index (χ2n) is 7.08. The number of carboxylic acid groups (broad SMARTS) is 1. The number of hydrogen-bond donors (Lipinski definition) is 2. The minimum atomic E-state index is -1.00. The van der Waals surface area contributed by atoms with Crippen molar-refractivity contribution < 1.29 is 23.6 Å². The molecule has 0 aromatic rings. The number of rotatable bonds is 11. The van der Waals surface area contributed by atoms with Crippen molar-refractivity contribution in [3.8, 4) is 0 Å². The summed E-state index contributed by atoms with van der Waals surface area (Å²) in [6.45, 7) is 8.44. The Hall–Kier alpha value is -0.660. The minimum Gasteiger partial charge on any atom is -0.465 e. The van der Waals surface area contributed by atoms with Crippen molar-refractivity contribution in [3.63, 3.8) is 0 Å². The third-order valence-corrected chi connectivity index (χ3v) is 5.96. The van der Waals surface area contributed by atoms with Crippen molar-refractivity contribution >= 4 is 16.9 Å². The fraction of sp³-hybridized carbons (Fsp3) is 0.941. The quantitative estimate of drug-likeness (QED) is 0.550. The van der Waals surface area contributed by atoms with Gasteiger partial charge in [-0.25, -0.2) is 4.79 Å². The van der Waals surface area contributed by atoms with E-state index in [1.54, 1.807) is 0 Å². The fourth-order valence-electron chi connectivity index (χ4n) is 2.93. The van der Waals surface area contributed by atoms with Crippen LogP contribution in [0.3, 0.4) is 0 Å². The molecule has 7 heteroatoms. The summed E-state index contributed by atoms with van der Waals surface area (Å²) in [6.07, 6.45) is 3.92. The average Bonchev–Trinajstić information content (AvgIpc) is 2.92. The summed E-state index contributed by atoms with van der Waals surface area (Å²) in [7, 11) is -0.856. The van der Waals surface area contributed by atoms with Crippen molar-refractivity contribution in [2.24, 2.45) is 0 Å². The minimum absolute atomic E-state index is 0.0487. The first-order valence-electron chi connectivity index (χ1n) is 8.90. The van der Waals surface area contributed by atoms with E-state index in [1.807, 2.05) is 13.8 Å². The van der Waals surface area contributed by atoms with Crippen LogP contribution in [-0.2, 0) is 20.3 Å². The standard InChI is InChI=1S/C17H33NO5S/c1-5-17(6-2)22-13-14(23-17)9-12-24(21)11-8-7-10-16(3,4)18-15(19)20/h14,18H,5-13H2,1-4H3,(H,19,20). The molecule has 0 spiro atoms. The predicted molar refractivity (Wildman–Crippen MR) is 95.7 cm³/mol. The van der Waals surface area contributed by atoms with E-state index in [0.717, 1.165) is 38.5 Å². The number of nitrogens with one attached hydrogen (secondary N) is 1. The van der Waals surface area contributed by atoms with Crippen molar-refractivity contribution in [2.45, 2.75) is 83.6 Å². The van der Waals surface area contributed by atoms with Crippen molar-refractivity contribution in [1.29, 1.82) is 0 Å². The highest BCUT2D eigenvalue weighted by atomic mass is 32.2. The Morgan fingerprint density at radius 3 is 2.50 bits per heavy atom. The van der Waals surface area contributed by atoms with Crippen molar-refractivity contribution in [1.82, 2.24) is 5.32 Å². The summed E-state index contributed by atoms with van der Waals surface area (Å²) in [4.78, 5) is 10.7. The number of amides is 1. The van der Waals surface area contributed by atoms with Crippen LogP contribution in [0.2, 0.25) is 0 Å². The molecule has 1 aliphatic heterocycles. The molecule has 1 fully saturated rings. The molecule has 2 atom stereocenters. The number of unbranched alkanes of at least 4 members (excludes halogenated alkanes) is 1. The molecule has 1 heterocycles. The normalized spacial score (nSPS) is 21.6. The summed E-state index contributed by atoms with van der Waals surface area (Å²) < 4.78 is 23.9. The topological polar surface area (TPSA) is 84.9 Å². The van der Waals surface area contributed by atoms with E-state index in [0.29, 0.717) is 18.1 Å². The lowest BCUT2D eigenvalue weighted by Crippen LogP contribution is -2.42. The van der Waals surface area contributed by atoms with E-state index in [9.17, 15) is 9.00 Å². The molecule has 0 radical (unpaired) electrons. The third kappa shape index (κ3) is 7.49. The van der Waals surface area contributed by atoms with E-state index in [2.05, 4.69) is 19.2 Å². The maximum Gasteiger partial charge on any atom is 0.405 e. The van der Waals surface area contributed by atoms with Gasteiger partial charge in [-0.3, -0.25) is 4.21 Å². The summed E-state index contributed by atoms with van der Waals surface area (Å²) >= 11 is 0. The monoisotopic (exact) mass is 363 g/mol. The van der Waals surface area contributed by atoms with Gasteiger partial charge >= 0.3 is 6.09 Å². The van der Waals surface area contributed by atoms with Crippen LogP contribution >= 0.6 is 0 Å². The predicted octanol–water partition coefficient (Wildman–Crippen LogP) is 3.27. The van der Waals surface area contributed by atoms with Crippen LogP contribution in [0.4, 0.5) is 4.79 Å². The van der Waals surface area contributed by atoms with Crippen LogP contribution in [0.5, 0.6) is 0 Å². The fourth-order valence-corrected chi connectivity index (χ4v) is 4.18. The van der Waals surface area contributed by atoms with Gasteiger partial charge in [-0.15, -0.1) is 0 Å². The lowest BCUT2D eigenvalue weighted by atomic mass is 9.98. The molecule has 0 aliphatic carbocycles. The molecular weight excluding hydrogens is 330 g/mol. The van der Waals surface area contributed by atoms with Gasteiger partial charge in [-0.1, -0.05) is 20.3 Å². The Balaban J connectivity index is 2.16. The Morgan fingerprint density at radius 1 is 1.29 bits per heavy atom. The van der Waals surface area contributed by atoms with E-state index in [1.165, 1.54) is 0 Å². The Morgan fingerprint density at radius 2 is 1.96 bits per heavy atom.